The SMILES string of the molecule is C=[C-]C.[Br-].[Mg+2]. The summed E-state index contributed by atoms with van der Waals surface area (Å²) in [5, 5.41) is 0. The Bertz CT molecular complexity index is 14.4. The molecule has 0 aliphatic heterocycles. The zero-order chi connectivity index (χ0) is 2.71. The molecule has 5 heavy (non-hydrogen) atoms. The first-order chi connectivity index (χ1) is 1.41. The van der Waals surface area contributed by atoms with Crippen molar-refractivity contribution in [2.45, 2.75) is 6.92 Å². The average molecular weight is 145 g/mol. The van der Waals surface area contributed by atoms with E-state index in [1.165, 1.54) is 0 Å². The second kappa shape index (κ2) is 20.1. The average Bonchev–Trinajstić information content (AvgIpc) is 0.918. The van der Waals surface area contributed by atoms with Gasteiger partial charge in [-0.25, -0.2) is 0 Å². The smallest absolute Gasteiger partial charge is 1.00 e. The Morgan fingerprint density at radius 1 is 1.60 bits per heavy atom. The predicted molar refractivity (Wildman–Crippen MR) is 20.3 cm³/mol. The van der Waals surface area contributed by atoms with Gasteiger partial charge in [-0.15, -0.1) is 0 Å². The zero-order valence-electron chi connectivity index (χ0n) is 3.29. The Balaban J connectivity index is -0.0000000200. The minimum atomic E-state index is 0. The fourth-order valence-electron chi connectivity index (χ4n) is 0. The number of rotatable bonds is 0. The van der Waals surface area contributed by atoms with E-state index in [1.807, 2.05) is 0 Å². The van der Waals surface area contributed by atoms with Crippen LogP contribution in [0.25, 0.3) is 0 Å². The molecule has 0 fully saturated rings. The molecule has 0 heterocycles. The van der Waals surface area contributed by atoms with Gasteiger partial charge in [-0.3, -0.25) is 6.58 Å². The van der Waals surface area contributed by atoms with Crippen molar-refractivity contribution in [3.63, 3.8) is 0 Å². The van der Waals surface area contributed by atoms with Gasteiger partial charge >= 0.3 is 23.1 Å². The minimum absolute atomic E-state index is 0. The van der Waals surface area contributed by atoms with Gasteiger partial charge in [0.15, 0.2) is 0 Å². The molecule has 2 heteroatoms. The normalized spacial score (nSPS) is 2.60. The topological polar surface area (TPSA) is 0 Å². The Morgan fingerprint density at radius 2 is 1.60 bits per heavy atom. The molecule has 0 spiro atoms. The van der Waals surface area contributed by atoms with Crippen molar-refractivity contribution in [1.29, 1.82) is 0 Å². The first kappa shape index (κ1) is 16.7. The summed E-state index contributed by atoms with van der Waals surface area (Å²) in [6.07, 6.45) is 2.50. The van der Waals surface area contributed by atoms with E-state index in [-0.39, 0.29) is 40.0 Å². The summed E-state index contributed by atoms with van der Waals surface area (Å²) in [7, 11) is 0. The van der Waals surface area contributed by atoms with Crippen LogP contribution in [-0.2, 0) is 0 Å². The van der Waals surface area contributed by atoms with Crippen LogP contribution in [-0.4, -0.2) is 23.1 Å². The maximum absolute atomic E-state index is 3.24. The van der Waals surface area contributed by atoms with Gasteiger partial charge < -0.3 is 23.1 Å². The first-order valence-corrected chi connectivity index (χ1v) is 0.854. The molecule has 0 amide bonds. The monoisotopic (exact) mass is 144 g/mol. The predicted octanol–water partition coefficient (Wildman–Crippen LogP) is -2.38. The van der Waals surface area contributed by atoms with Crippen LogP contribution < -0.4 is 17.0 Å². The van der Waals surface area contributed by atoms with Gasteiger partial charge in [-0.2, -0.15) is 6.92 Å². The van der Waals surface area contributed by atoms with E-state index in [0.29, 0.717) is 0 Å². The van der Waals surface area contributed by atoms with E-state index in [4.69, 9.17) is 0 Å². The summed E-state index contributed by atoms with van der Waals surface area (Å²) >= 11 is 0. The summed E-state index contributed by atoms with van der Waals surface area (Å²) in [6.45, 7) is 5.00. The Hall–Kier alpha value is 0.986. The maximum Gasteiger partial charge on any atom is 2.00 e. The molecule has 0 aromatic rings. The molecular weight excluding hydrogens is 140 g/mol. The Kier molecular flexibility index (Phi) is 67.0. The van der Waals surface area contributed by atoms with Crippen LogP contribution in [0, 0.1) is 6.08 Å². The molecule has 0 saturated heterocycles. The van der Waals surface area contributed by atoms with Gasteiger partial charge in [-0.05, 0) is 0 Å². The van der Waals surface area contributed by atoms with Crippen LogP contribution in [0.4, 0.5) is 0 Å². The van der Waals surface area contributed by atoms with Gasteiger partial charge in [0.05, 0.1) is 0 Å². The fourth-order valence-corrected chi connectivity index (χ4v) is 0. The number of hydrogen-bond acceptors (Lipinski definition) is 0. The van der Waals surface area contributed by atoms with Crippen LogP contribution in [0.2, 0.25) is 0 Å². The molecule has 0 N–H and O–H groups in total. The number of hydrogen-bond donors (Lipinski definition) is 0. The van der Waals surface area contributed by atoms with Crippen LogP contribution in [0.5, 0.6) is 0 Å². The zero-order valence-corrected chi connectivity index (χ0v) is 6.29. The number of halogens is 1. The first-order valence-electron chi connectivity index (χ1n) is 0.854. The molecule has 0 saturated carbocycles. The third kappa shape index (κ3) is 45.7. The molecule has 0 aromatic heterocycles. The van der Waals surface area contributed by atoms with Gasteiger partial charge in [0.2, 0.25) is 0 Å². The van der Waals surface area contributed by atoms with Crippen LogP contribution >= 0.6 is 0 Å². The molecule has 0 aliphatic carbocycles. The molecular formula is C3H5BrMg. The fraction of sp³-hybridized carbons (Fsp3) is 0.333. The van der Waals surface area contributed by atoms with Crippen molar-refractivity contribution in [3.05, 3.63) is 12.7 Å². The van der Waals surface area contributed by atoms with E-state index in [1.54, 1.807) is 6.92 Å². The van der Waals surface area contributed by atoms with E-state index in [0.717, 1.165) is 0 Å². The van der Waals surface area contributed by atoms with Crippen molar-refractivity contribution in [2.24, 2.45) is 0 Å². The molecule has 0 nitrogen and oxygen atoms in total. The van der Waals surface area contributed by atoms with E-state index in [2.05, 4.69) is 12.7 Å². The van der Waals surface area contributed by atoms with Gasteiger partial charge in [0.25, 0.3) is 0 Å². The Morgan fingerprint density at radius 3 is 1.60 bits per heavy atom. The molecule has 0 aliphatic rings. The molecule has 0 rings (SSSR count). The van der Waals surface area contributed by atoms with E-state index < -0.39 is 0 Å². The van der Waals surface area contributed by atoms with Crippen molar-refractivity contribution < 1.29 is 17.0 Å². The standard InChI is InChI=1S/C3H5.BrH.Mg/c1-3-2;;/h1H2,2H3;1H;/q-1;;+2/p-1. The van der Waals surface area contributed by atoms with Crippen LogP contribution in [0.15, 0.2) is 6.58 Å². The molecule has 0 bridgehead atoms. The van der Waals surface area contributed by atoms with Gasteiger partial charge in [0.1, 0.15) is 0 Å². The summed E-state index contributed by atoms with van der Waals surface area (Å²) in [5.74, 6) is 0. The Labute approximate surface area is 59.6 Å². The summed E-state index contributed by atoms with van der Waals surface area (Å²) in [4.78, 5) is 0. The third-order valence-corrected chi connectivity index (χ3v) is 0. The van der Waals surface area contributed by atoms with E-state index in [9.17, 15) is 0 Å². The third-order valence-electron chi connectivity index (χ3n) is 0. The number of allylic oxidation sites excluding steroid dienone is 1. The molecule has 0 aromatic carbocycles. The largest absolute Gasteiger partial charge is 2.00 e. The van der Waals surface area contributed by atoms with Crippen LogP contribution in [0.1, 0.15) is 6.92 Å². The van der Waals surface area contributed by atoms with Gasteiger partial charge in [0, 0.05) is 0 Å². The second-order valence-electron chi connectivity index (χ2n) is 0.354. The van der Waals surface area contributed by atoms with Crippen molar-refractivity contribution in [2.75, 3.05) is 0 Å². The molecule has 26 valence electrons. The summed E-state index contributed by atoms with van der Waals surface area (Å²) in [6, 6.07) is 0. The van der Waals surface area contributed by atoms with Crippen molar-refractivity contribution >= 4 is 23.1 Å². The second-order valence-corrected chi connectivity index (χ2v) is 0.354. The summed E-state index contributed by atoms with van der Waals surface area (Å²) in [5.41, 5.74) is 0. The van der Waals surface area contributed by atoms with Crippen LogP contribution in [0.3, 0.4) is 0 Å². The molecule has 0 atom stereocenters. The quantitative estimate of drug-likeness (QED) is 0.264. The minimum Gasteiger partial charge on any atom is -1.00 e. The van der Waals surface area contributed by atoms with Crippen molar-refractivity contribution in [1.82, 2.24) is 0 Å². The molecule has 0 unspecified atom stereocenters. The van der Waals surface area contributed by atoms with Crippen molar-refractivity contribution in [3.8, 4) is 0 Å². The van der Waals surface area contributed by atoms with Gasteiger partial charge in [-0.1, -0.05) is 0 Å². The van der Waals surface area contributed by atoms with E-state index >= 15 is 0 Å². The summed E-state index contributed by atoms with van der Waals surface area (Å²) < 4.78 is 0. The maximum atomic E-state index is 3.24. The molecule has 0 radical (unpaired) electrons.